The molecule has 0 aromatic heterocycles. The van der Waals surface area contributed by atoms with Crippen molar-refractivity contribution in [3.8, 4) is 0 Å². The minimum atomic E-state index is -3.50. The molecule has 2 aromatic rings. The summed E-state index contributed by atoms with van der Waals surface area (Å²) in [7, 11) is -3.50. The molecule has 0 spiro atoms. The van der Waals surface area contributed by atoms with Gasteiger partial charge in [0.25, 0.3) is 0 Å². The van der Waals surface area contributed by atoms with Gasteiger partial charge in [-0.15, -0.1) is 0 Å². The van der Waals surface area contributed by atoms with E-state index in [1.54, 1.807) is 22.5 Å². The van der Waals surface area contributed by atoms with Crippen molar-refractivity contribution in [3.63, 3.8) is 0 Å². The molecule has 4 nitrogen and oxygen atoms in total. The Morgan fingerprint density at radius 1 is 0.880 bits per heavy atom. The van der Waals surface area contributed by atoms with E-state index < -0.39 is 10.0 Å². The summed E-state index contributed by atoms with van der Waals surface area (Å²) in [5.41, 5.74) is 4.52. The number of hydrogen-bond acceptors (Lipinski definition) is 3. The quantitative estimate of drug-likeness (QED) is 0.816. The number of rotatable bonds is 3. The summed E-state index contributed by atoms with van der Waals surface area (Å²) in [6.45, 7) is 8.35. The van der Waals surface area contributed by atoms with Gasteiger partial charge in [-0.2, -0.15) is 4.31 Å². The Morgan fingerprint density at radius 3 is 2.16 bits per heavy atom. The van der Waals surface area contributed by atoms with Gasteiger partial charge in [0.2, 0.25) is 10.0 Å². The number of aryl methyl sites for hydroxylation is 3. The Morgan fingerprint density at radius 2 is 1.56 bits per heavy atom. The average molecular weight is 379 g/mol. The molecule has 134 valence electrons. The average Bonchev–Trinajstić information content (AvgIpc) is 2.57. The summed E-state index contributed by atoms with van der Waals surface area (Å²) in [5.74, 6) is 0. The summed E-state index contributed by atoms with van der Waals surface area (Å²) in [4.78, 5) is 2.52. The number of nitrogens with zero attached hydrogens (tertiary/aromatic N) is 2. The Bertz CT molecular complexity index is 888. The standard InChI is InChI=1S/C19H23ClN2O2S/c1-14-4-7-19(16(3)12-14)21-8-10-22(11-9-21)25(23,24)17-6-5-15(2)18(20)13-17/h4-7,12-13H,8-11H2,1-3H3. The van der Waals surface area contributed by atoms with Crippen LogP contribution in [0.1, 0.15) is 16.7 Å². The van der Waals surface area contributed by atoms with Crippen LogP contribution in [0.4, 0.5) is 5.69 Å². The van der Waals surface area contributed by atoms with Crippen LogP contribution < -0.4 is 4.90 Å². The van der Waals surface area contributed by atoms with E-state index in [4.69, 9.17) is 11.6 Å². The van der Waals surface area contributed by atoms with E-state index in [-0.39, 0.29) is 4.90 Å². The number of hydrogen-bond donors (Lipinski definition) is 0. The van der Waals surface area contributed by atoms with Crippen LogP contribution >= 0.6 is 11.6 Å². The summed E-state index contributed by atoms with van der Waals surface area (Å²) in [5, 5.41) is 0.481. The van der Waals surface area contributed by atoms with Gasteiger partial charge in [-0.05, 0) is 50.1 Å². The predicted molar refractivity (Wildman–Crippen MR) is 103 cm³/mol. The molecule has 0 bridgehead atoms. The van der Waals surface area contributed by atoms with E-state index in [9.17, 15) is 8.42 Å². The van der Waals surface area contributed by atoms with Crippen LogP contribution in [0.2, 0.25) is 5.02 Å². The molecule has 6 heteroatoms. The van der Waals surface area contributed by atoms with Crippen LogP contribution in [0.3, 0.4) is 0 Å². The van der Waals surface area contributed by atoms with Crippen molar-refractivity contribution in [1.82, 2.24) is 4.31 Å². The molecule has 0 saturated carbocycles. The third-order valence-electron chi connectivity index (χ3n) is 4.71. The largest absolute Gasteiger partial charge is 0.369 e. The summed E-state index contributed by atoms with van der Waals surface area (Å²) in [6.07, 6.45) is 0. The van der Waals surface area contributed by atoms with Crippen LogP contribution in [0, 0.1) is 20.8 Å². The van der Waals surface area contributed by atoms with Gasteiger partial charge >= 0.3 is 0 Å². The number of benzene rings is 2. The fourth-order valence-electron chi connectivity index (χ4n) is 3.21. The fourth-order valence-corrected chi connectivity index (χ4v) is 4.91. The highest BCUT2D eigenvalue weighted by molar-refractivity contribution is 7.89. The highest BCUT2D eigenvalue weighted by atomic mass is 35.5. The maximum absolute atomic E-state index is 12.9. The first-order chi connectivity index (χ1) is 11.8. The predicted octanol–water partition coefficient (Wildman–Crippen LogP) is 3.78. The third kappa shape index (κ3) is 3.68. The fraction of sp³-hybridized carbons (Fsp3) is 0.368. The molecule has 2 aromatic carbocycles. The van der Waals surface area contributed by atoms with Gasteiger partial charge in [-0.3, -0.25) is 0 Å². The lowest BCUT2D eigenvalue weighted by atomic mass is 10.1. The Labute approximate surface area is 155 Å². The van der Waals surface area contributed by atoms with Gasteiger partial charge < -0.3 is 4.90 Å². The number of sulfonamides is 1. The topological polar surface area (TPSA) is 40.6 Å². The van der Waals surface area contributed by atoms with E-state index in [1.807, 2.05) is 6.92 Å². The SMILES string of the molecule is Cc1ccc(N2CCN(S(=O)(=O)c3ccc(C)c(Cl)c3)CC2)c(C)c1. The lowest BCUT2D eigenvalue weighted by Gasteiger charge is -2.36. The molecule has 0 atom stereocenters. The monoisotopic (exact) mass is 378 g/mol. The minimum Gasteiger partial charge on any atom is -0.369 e. The smallest absolute Gasteiger partial charge is 0.243 e. The molecular weight excluding hydrogens is 356 g/mol. The summed E-state index contributed by atoms with van der Waals surface area (Å²) >= 11 is 6.10. The maximum atomic E-state index is 12.9. The second-order valence-corrected chi connectivity index (χ2v) is 8.94. The van der Waals surface area contributed by atoms with E-state index >= 15 is 0 Å². The first-order valence-electron chi connectivity index (χ1n) is 8.37. The Kier molecular flexibility index (Phi) is 5.09. The Hall–Kier alpha value is -1.56. The molecule has 1 aliphatic heterocycles. The number of anilines is 1. The lowest BCUT2D eigenvalue weighted by molar-refractivity contribution is 0.385. The molecule has 1 fully saturated rings. The van der Waals surface area contributed by atoms with Gasteiger partial charge in [-0.25, -0.2) is 8.42 Å². The minimum absolute atomic E-state index is 0.267. The van der Waals surface area contributed by atoms with E-state index in [1.165, 1.54) is 16.8 Å². The second kappa shape index (κ2) is 6.98. The molecule has 3 rings (SSSR count). The molecule has 1 heterocycles. The molecule has 0 N–H and O–H groups in total. The summed E-state index contributed by atoms with van der Waals surface area (Å²) < 4.78 is 27.3. The lowest BCUT2D eigenvalue weighted by Crippen LogP contribution is -2.48. The van der Waals surface area contributed by atoms with Crippen molar-refractivity contribution in [2.75, 3.05) is 31.1 Å². The Balaban J connectivity index is 1.76. The highest BCUT2D eigenvalue weighted by Gasteiger charge is 2.29. The number of piperazine rings is 1. The first-order valence-corrected chi connectivity index (χ1v) is 10.2. The van der Waals surface area contributed by atoms with Crippen molar-refractivity contribution >= 4 is 27.3 Å². The van der Waals surface area contributed by atoms with Crippen LogP contribution in [0.15, 0.2) is 41.3 Å². The van der Waals surface area contributed by atoms with Gasteiger partial charge in [-0.1, -0.05) is 35.4 Å². The molecule has 0 unspecified atom stereocenters. The summed E-state index contributed by atoms with van der Waals surface area (Å²) in [6, 6.07) is 11.3. The van der Waals surface area contributed by atoms with Crippen LogP contribution in [0.5, 0.6) is 0 Å². The zero-order valence-electron chi connectivity index (χ0n) is 14.8. The first kappa shape index (κ1) is 18.2. The zero-order chi connectivity index (χ0) is 18.2. The zero-order valence-corrected chi connectivity index (χ0v) is 16.4. The van der Waals surface area contributed by atoms with E-state index in [0.29, 0.717) is 31.2 Å². The van der Waals surface area contributed by atoms with Crippen LogP contribution in [-0.4, -0.2) is 38.9 Å². The van der Waals surface area contributed by atoms with Crippen LogP contribution in [0.25, 0.3) is 0 Å². The second-order valence-electron chi connectivity index (χ2n) is 6.59. The van der Waals surface area contributed by atoms with Crippen molar-refractivity contribution in [1.29, 1.82) is 0 Å². The number of halogens is 1. The molecule has 0 aliphatic carbocycles. The molecule has 0 radical (unpaired) electrons. The normalized spacial score (nSPS) is 16.2. The van der Waals surface area contributed by atoms with Crippen molar-refractivity contribution in [2.45, 2.75) is 25.7 Å². The van der Waals surface area contributed by atoms with E-state index in [2.05, 4.69) is 36.9 Å². The van der Waals surface area contributed by atoms with E-state index in [0.717, 1.165) is 5.56 Å². The molecular formula is C19H23ClN2O2S. The molecule has 1 saturated heterocycles. The highest BCUT2D eigenvalue weighted by Crippen LogP contribution is 2.26. The van der Waals surface area contributed by atoms with Crippen LogP contribution in [-0.2, 0) is 10.0 Å². The van der Waals surface area contributed by atoms with Gasteiger partial charge in [0.15, 0.2) is 0 Å². The maximum Gasteiger partial charge on any atom is 0.243 e. The molecule has 25 heavy (non-hydrogen) atoms. The third-order valence-corrected chi connectivity index (χ3v) is 7.01. The van der Waals surface area contributed by atoms with Crippen molar-refractivity contribution in [3.05, 3.63) is 58.1 Å². The van der Waals surface area contributed by atoms with Crippen molar-refractivity contribution in [2.24, 2.45) is 0 Å². The van der Waals surface area contributed by atoms with Crippen molar-refractivity contribution < 1.29 is 8.42 Å². The van der Waals surface area contributed by atoms with Gasteiger partial charge in [0.05, 0.1) is 4.90 Å². The molecule has 0 amide bonds. The molecule has 1 aliphatic rings. The van der Waals surface area contributed by atoms with Gasteiger partial charge in [0.1, 0.15) is 0 Å². The van der Waals surface area contributed by atoms with Gasteiger partial charge in [0, 0.05) is 36.9 Å².